The first-order valence-corrected chi connectivity index (χ1v) is 11.6. The second-order valence-corrected chi connectivity index (χ2v) is 8.76. The number of thiophene rings is 1. The smallest absolute Gasteiger partial charge is 0.266 e. The van der Waals surface area contributed by atoms with Crippen LogP contribution in [0.15, 0.2) is 29.1 Å². The molecule has 2 amide bonds. The zero-order valence-corrected chi connectivity index (χ0v) is 19.0. The van der Waals surface area contributed by atoms with E-state index in [2.05, 4.69) is 10.6 Å². The average Bonchev–Trinajstić information content (AvgIpc) is 2.94. The highest BCUT2D eigenvalue weighted by atomic mass is 32.1. The molecule has 0 atom stereocenters. The van der Waals surface area contributed by atoms with Crippen LogP contribution in [0, 0.1) is 6.92 Å². The Kier molecular flexibility index (Phi) is 6.55. The molecule has 2 N–H and O–H groups in total. The van der Waals surface area contributed by atoms with Gasteiger partial charge in [-0.25, -0.2) is 4.98 Å². The summed E-state index contributed by atoms with van der Waals surface area (Å²) in [6, 6.07) is 6.87. The van der Waals surface area contributed by atoms with Crippen LogP contribution in [0.2, 0.25) is 0 Å². The van der Waals surface area contributed by atoms with E-state index < -0.39 is 0 Å². The molecule has 1 aliphatic rings. The number of likely N-dealkylation sites (N-methyl/N-ethyl adjacent to an activating group) is 1. The van der Waals surface area contributed by atoms with Crippen LogP contribution in [0.1, 0.15) is 47.2 Å². The summed E-state index contributed by atoms with van der Waals surface area (Å²) in [5, 5.41) is 6.06. The zero-order chi connectivity index (χ0) is 22.7. The van der Waals surface area contributed by atoms with Gasteiger partial charge in [-0.15, -0.1) is 11.3 Å². The van der Waals surface area contributed by atoms with Crippen LogP contribution < -0.4 is 20.9 Å². The summed E-state index contributed by atoms with van der Waals surface area (Å²) < 4.78 is 7.26. The van der Waals surface area contributed by atoms with Crippen LogP contribution in [0.4, 0.5) is 5.69 Å². The number of carbonyl (C=O) groups excluding carboxylic acids is 2. The summed E-state index contributed by atoms with van der Waals surface area (Å²) in [5.41, 5.74) is 1.14. The maximum atomic E-state index is 13.1. The Labute approximate surface area is 189 Å². The van der Waals surface area contributed by atoms with Gasteiger partial charge >= 0.3 is 0 Å². The van der Waals surface area contributed by atoms with Crippen molar-refractivity contribution in [3.05, 3.63) is 50.9 Å². The molecule has 3 heterocycles. The Bertz CT molecular complexity index is 1230. The highest BCUT2D eigenvalue weighted by molar-refractivity contribution is 7.20. The molecule has 0 spiro atoms. The number of aromatic nitrogens is 2. The van der Waals surface area contributed by atoms with Crippen molar-refractivity contribution in [1.82, 2.24) is 14.9 Å². The van der Waals surface area contributed by atoms with E-state index >= 15 is 0 Å². The third-order valence-corrected chi connectivity index (χ3v) is 6.64. The van der Waals surface area contributed by atoms with E-state index in [9.17, 15) is 14.4 Å². The summed E-state index contributed by atoms with van der Waals surface area (Å²) in [6.45, 7) is 4.75. The third kappa shape index (κ3) is 4.52. The van der Waals surface area contributed by atoms with Gasteiger partial charge in [-0.05, 0) is 44.4 Å². The number of nitrogens with zero attached hydrogens (tertiary/aromatic N) is 2. The fourth-order valence-corrected chi connectivity index (χ4v) is 4.96. The standard InChI is InChI=1S/C23H26N4O4S/c1-3-24-18(28)13-31-16-9-7-8-15(12-16)25-21(29)20-14(2)19-22(32-20)26-17-10-5-4-6-11-27(17)23(19)30/h7-9,12H,3-6,10-11,13H2,1-2H3,(H,24,28)(H,25,29). The van der Waals surface area contributed by atoms with Crippen LogP contribution in [-0.2, 0) is 17.8 Å². The molecule has 0 saturated heterocycles. The van der Waals surface area contributed by atoms with Gasteiger partial charge in [0.25, 0.3) is 17.4 Å². The number of anilines is 1. The Morgan fingerprint density at radius 2 is 2.09 bits per heavy atom. The largest absolute Gasteiger partial charge is 0.484 e. The number of carbonyl (C=O) groups is 2. The molecule has 9 heteroatoms. The molecule has 1 aliphatic heterocycles. The predicted molar refractivity (Wildman–Crippen MR) is 125 cm³/mol. The number of amides is 2. The average molecular weight is 455 g/mol. The van der Waals surface area contributed by atoms with Gasteiger partial charge in [0.15, 0.2) is 6.61 Å². The van der Waals surface area contributed by atoms with E-state index in [1.165, 1.54) is 11.3 Å². The van der Waals surface area contributed by atoms with Crippen LogP contribution in [0.3, 0.4) is 0 Å². The highest BCUT2D eigenvalue weighted by Crippen LogP contribution is 2.29. The van der Waals surface area contributed by atoms with Crippen molar-refractivity contribution in [2.45, 2.75) is 46.1 Å². The molecule has 0 fully saturated rings. The molecule has 168 valence electrons. The zero-order valence-electron chi connectivity index (χ0n) is 18.2. The van der Waals surface area contributed by atoms with Gasteiger partial charge in [-0.2, -0.15) is 0 Å². The Balaban J connectivity index is 1.56. The first-order chi connectivity index (χ1) is 15.5. The molecule has 0 bridgehead atoms. The second kappa shape index (κ2) is 9.52. The van der Waals surface area contributed by atoms with Crippen LogP contribution in [0.25, 0.3) is 10.2 Å². The molecule has 3 aromatic rings. The van der Waals surface area contributed by atoms with E-state index in [1.807, 2.05) is 6.92 Å². The fourth-order valence-electron chi connectivity index (χ4n) is 3.88. The Morgan fingerprint density at radius 3 is 2.91 bits per heavy atom. The number of hydrogen-bond acceptors (Lipinski definition) is 6. The normalized spacial score (nSPS) is 13.3. The van der Waals surface area contributed by atoms with Crippen molar-refractivity contribution in [3.8, 4) is 5.75 Å². The lowest BCUT2D eigenvalue weighted by atomic mass is 10.2. The van der Waals surface area contributed by atoms with Crippen molar-refractivity contribution in [2.24, 2.45) is 0 Å². The van der Waals surface area contributed by atoms with Crippen molar-refractivity contribution in [1.29, 1.82) is 0 Å². The van der Waals surface area contributed by atoms with E-state index in [0.717, 1.165) is 31.5 Å². The third-order valence-electron chi connectivity index (χ3n) is 5.45. The van der Waals surface area contributed by atoms with Gasteiger partial charge in [0.05, 0.1) is 10.3 Å². The molecule has 4 rings (SSSR count). The molecule has 0 aliphatic carbocycles. The highest BCUT2D eigenvalue weighted by Gasteiger charge is 2.22. The summed E-state index contributed by atoms with van der Waals surface area (Å²) in [6.07, 6.45) is 3.87. The lowest BCUT2D eigenvalue weighted by Gasteiger charge is -2.09. The molecular formula is C23H26N4O4S. The molecule has 1 aromatic carbocycles. The quantitative estimate of drug-likeness (QED) is 0.595. The molecule has 0 unspecified atom stereocenters. The summed E-state index contributed by atoms with van der Waals surface area (Å²) in [7, 11) is 0. The van der Waals surface area contributed by atoms with Crippen molar-refractivity contribution in [2.75, 3.05) is 18.5 Å². The van der Waals surface area contributed by atoms with E-state index in [-0.39, 0.29) is 24.0 Å². The number of hydrogen-bond donors (Lipinski definition) is 2. The minimum Gasteiger partial charge on any atom is -0.484 e. The molecule has 0 radical (unpaired) electrons. The van der Waals surface area contributed by atoms with Gasteiger partial charge in [0, 0.05) is 31.3 Å². The van der Waals surface area contributed by atoms with Gasteiger partial charge < -0.3 is 15.4 Å². The number of fused-ring (bicyclic) bond motifs is 2. The Morgan fingerprint density at radius 1 is 1.25 bits per heavy atom. The monoisotopic (exact) mass is 454 g/mol. The number of rotatable bonds is 6. The summed E-state index contributed by atoms with van der Waals surface area (Å²) in [4.78, 5) is 43.5. The first-order valence-electron chi connectivity index (χ1n) is 10.8. The lowest BCUT2D eigenvalue weighted by molar-refractivity contribution is -0.122. The van der Waals surface area contributed by atoms with Crippen LogP contribution in [0.5, 0.6) is 5.75 Å². The Hall–Kier alpha value is -3.20. The van der Waals surface area contributed by atoms with Crippen LogP contribution >= 0.6 is 11.3 Å². The topological polar surface area (TPSA) is 102 Å². The fraction of sp³-hybridized carbons (Fsp3) is 0.391. The van der Waals surface area contributed by atoms with Gasteiger partial charge in [0.1, 0.15) is 16.4 Å². The maximum absolute atomic E-state index is 13.1. The lowest BCUT2D eigenvalue weighted by Crippen LogP contribution is -2.28. The van der Waals surface area contributed by atoms with Gasteiger partial charge in [0.2, 0.25) is 0 Å². The number of aryl methyl sites for hydroxylation is 2. The number of ether oxygens (including phenoxy) is 1. The number of nitrogens with one attached hydrogen (secondary N) is 2. The SMILES string of the molecule is CCNC(=O)COc1cccc(NC(=O)c2sc3nc4n(c(=O)c3c2C)CCCCC4)c1. The van der Waals surface area contributed by atoms with Gasteiger partial charge in [-0.3, -0.25) is 19.0 Å². The summed E-state index contributed by atoms with van der Waals surface area (Å²) in [5.74, 6) is 0.780. The van der Waals surface area contributed by atoms with Gasteiger partial charge in [-0.1, -0.05) is 12.5 Å². The van der Waals surface area contributed by atoms with Crippen LogP contribution in [-0.4, -0.2) is 34.5 Å². The molecular weight excluding hydrogens is 428 g/mol. The van der Waals surface area contributed by atoms with E-state index in [0.29, 0.717) is 45.2 Å². The minimum atomic E-state index is -0.300. The van der Waals surface area contributed by atoms with E-state index in [4.69, 9.17) is 9.72 Å². The minimum absolute atomic E-state index is 0.0551. The molecule has 32 heavy (non-hydrogen) atoms. The molecule has 0 saturated carbocycles. The summed E-state index contributed by atoms with van der Waals surface area (Å²) >= 11 is 1.25. The van der Waals surface area contributed by atoms with Crippen molar-refractivity contribution in [3.63, 3.8) is 0 Å². The van der Waals surface area contributed by atoms with Crippen molar-refractivity contribution < 1.29 is 14.3 Å². The predicted octanol–water partition coefficient (Wildman–Crippen LogP) is 3.26. The van der Waals surface area contributed by atoms with E-state index in [1.54, 1.807) is 35.8 Å². The second-order valence-electron chi connectivity index (χ2n) is 7.76. The number of benzene rings is 1. The molecule has 8 nitrogen and oxygen atoms in total. The molecule has 2 aromatic heterocycles. The first kappa shape index (κ1) is 22.0. The van der Waals surface area contributed by atoms with Crippen molar-refractivity contribution >= 4 is 39.1 Å². The maximum Gasteiger partial charge on any atom is 0.266 e.